The standard InChI is InChI=1S/C13H20BrN3O/c1-9(2)18-7-6-17(3)12-8-10(14)4-5-11(12)13(15)16/h4-5,8-9H,6-7H2,1-3H3,(H3,15,16). The van der Waals surface area contributed by atoms with Crippen LogP contribution in [-0.4, -0.2) is 32.1 Å². The monoisotopic (exact) mass is 313 g/mol. The zero-order chi connectivity index (χ0) is 13.7. The lowest BCUT2D eigenvalue weighted by atomic mass is 10.1. The van der Waals surface area contributed by atoms with Crippen molar-refractivity contribution in [3.8, 4) is 0 Å². The molecule has 0 spiro atoms. The van der Waals surface area contributed by atoms with E-state index < -0.39 is 0 Å². The Morgan fingerprint density at radius 2 is 2.17 bits per heavy atom. The molecule has 4 nitrogen and oxygen atoms in total. The number of likely N-dealkylation sites (N-methyl/N-ethyl adjacent to an activating group) is 1. The Labute approximate surface area is 117 Å². The van der Waals surface area contributed by atoms with E-state index in [0.29, 0.717) is 6.61 Å². The third-order valence-electron chi connectivity index (χ3n) is 2.54. The molecular formula is C13H20BrN3O. The fourth-order valence-electron chi connectivity index (χ4n) is 1.59. The van der Waals surface area contributed by atoms with Crippen molar-refractivity contribution in [2.24, 2.45) is 5.73 Å². The summed E-state index contributed by atoms with van der Waals surface area (Å²) >= 11 is 3.44. The minimum Gasteiger partial charge on any atom is -0.384 e. The lowest BCUT2D eigenvalue weighted by Gasteiger charge is -2.23. The van der Waals surface area contributed by atoms with Crippen molar-refractivity contribution in [2.75, 3.05) is 25.1 Å². The van der Waals surface area contributed by atoms with Crippen LogP contribution in [0.3, 0.4) is 0 Å². The second-order valence-electron chi connectivity index (χ2n) is 4.42. The third-order valence-corrected chi connectivity index (χ3v) is 3.03. The number of benzene rings is 1. The van der Waals surface area contributed by atoms with Crippen LogP contribution in [0.4, 0.5) is 5.69 Å². The predicted molar refractivity (Wildman–Crippen MR) is 79.5 cm³/mol. The topological polar surface area (TPSA) is 62.3 Å². The Bertz CT molecular complexity index is 421. The number of anilines is 1. The summed E-state index contributed by atoms with van der Waals surface area (Å²) in [5, 5.41) is 7.59. The minimum atomic E-state index is 0.0779. The Hall–Kier alpha value is -1.07. The molecule has 18 heavy (non-hydrogen) atoms. The summed E-state index contributed by atoms with van der Waals surface area (Å²) in [5.41, 5.74) is 7.26. The molecule has 1 rings (SSSR count). The molecular weight excluding hydrogens is 294 g/mol. The average Bonchev–Trinajstić information content (AvgIpc) is 2.27. The molecule has 0 bridgehead atoms. The lowest BCUT2D eigenvalue weighted by molar-refractivity contribution is 0.0846. The second-order valence-corrected chi connectivity index (χ2v) is 5.33. The van der Waals surface area contributed by atoms with E-state index in [2.05, 4.69) is 15.9 Å². The highest BCUT2D eigenvalue weighted by molar-refractivity contribution is 9.10. The first kappa shape index (κ1) is 15.0. The summed E-state index contributed by atoms with van der Waals surface area (Å²) in [6.45, 7) is 5.44. The molecule has 1 aromatic carbocycles. The van der Waals surface area contributed by atoms with Gasteiger partial charge in [-0.1, -0.05) is 15.9 Å². The van der Waals surface area contributed by atoms with Crippen LogP contribution in [0.25, 0.3) is 0 Å². The second kappa shape index (κ2) is 6.75. The molecule has 0 heterocycles. The van der Waals surface area contributed by atoms with Gasteiger partial charge >= 0.3 is 0 Å². The van der Waals surface area contributed by atoms with Crippen LogP contribution >= 0.6 is 15.9 Å². The van der Waals surface area contributed by atoms with E-state index in [1.807, 2.05) is 44.0 Å². The van der Waals surface area contributed by atoms with E-state index in [1.54, 1.807) is 0 Å². The largest absolute Gasteiger partial charge is 0.384 e. The number of rotatable bonds is 6. The molecule has 0 saturated heterocycles. The molecule has 0 saturated carbocycles. The zero-order valence-electron chi connectivity index (χ0n) is 11.0. The summed E-state index contributed by atoms with van der Waals surface area (Å²) in [4.78, 5) is 2.05. The summed E-state index contributed by atoms with van der Waals surface area (Å²) in [7, 11) is 1.97. The molecule has 100 valence electrons. The van der Waals surface area contributed by atoms with Crippen LogP contribution in [0.15, 0.2) is 22.7 Å². The Balaban J connectivity index is 2.80. The van der Waals surface area contributed by atoms with Crippen molar-refractivity contribution in [2.45, 2.75) is 20.0 Å². The summed E-state index contributed by atoms with van der Waals surface area (Å²) in [5.74, 6) is 0.0779. The van der Waals surface area contributed by atoms with E-state index in [-0.39, 0.29) is 11.9 Å². The molecule has 0 aliphatic carbocycles. The molecule has 0 aromatic heterocycles. The van der Waals surface area contributed by atoms with Gasteiger partial charge in [0.05, 0.1) is 12.7 Å². The maximum absolute atomic E-state index is 7.59. The van der Waals surface area contributed by atoms with Gasteiger partial charge < -0.3 is 15.4 Å². The van der Waals surface area contributed by atoms with Crippen LogP contribution in [0.2, 0.25) is 0 Å². The van der Waals surface area contributed by atoms with Crippen molar-refractivity contribution < 1.29 is 4.74 Å². The van der Waals surface area contributed by atoms with Crippen molar-refractivity contribution in [3.05, 3.63) is 28.2 Å². The lowest BCUT2D eigenvalue weighted by Crippen LogP contribution is -2.26. The van der Waals surface area contributed by atoms with E-state index in [4.69, 9.17) is 15.9 Å². The minimum absolute atomic E-state index is 0.0779. The van der Waals surface area contributed by atoms with Crippen molar-refractivity contribution in [1.29, 1.82) is 5.41 Å². The Morgan fingerprint density at radius 3 is 2.72 bits per heavy atom. The van der Waals surface area contributed by atoms with Crippen molar-refractivity contribution >= 4 is 27.5 Å². The van der Waals surface area contributed by atoms with Gasteiger partial charge in [0.15, 0.2) is 0 Å². The van der Waals surface area contributed by atoms with Gasteiger partial charge in [-0.05, 0) is 32.0 Å². The number of hydrogen-bond donors (Lipinski definition) is 2. The Morgan fingerprint density at radius 1 is 1.50 bits per heavy atom. The SMILES string of the molecule is CC(C)OCCN(C)c1cc(Br)ccc1C(=N)N. The quantitative estimate of drug-likeness (QED) is 0.627. The summed E-state index contributed by atoms with van der Waals surface area (Å²) in [6, 6.07) is 5.70. The number of nitrogen functional groups attached to an aromatic ring is 1. The molecule has 3 N–H and O–H groups in total. The van der Waals surface area contributed by atoms with E-state index >= 15 is 0 Å². The van der Waals surface area contributed by atoms with Crippen molar-refractivity contribution in [1.82, 2.24) is 0 Å². The molecule has 0 radical (unpaired) electrons. The first-order chi connectivity index (χ1) is 8.41. The fourth-order valence-corrected chi connectivity index (χ4v) is 1.94. The highest BCUT2D eigenvalue weighted by Crippen LogP contribution is 2.24. The number of halogens is 1. The first-order valence-electron chi connectivity index (χ1n) is 5.88. The van der Waals surface area contributed by atoms with Gasteiger partial charge in [0.1, 0.15) is 5.84 Å². The third kappa shape index (κ3) is 4.31. The first-order valence-corrected chi connectivity index (χ1v) is 6.67. The maximum atomic E-state index is 7.59. The average molecular weight is 314 g/mol. The fraction of sp³-hybridized carbons (Fsp3) is 0.462. The van der Waals surface area contributed by atoms with Gasteiger partial charge in [-0.15, -0.1) is 0 Å². The van der Waals surface area contributed by atoms with Crippen molar-refractivity contribution in [3.63, 3.8) is 0 Å². The molecule has 0 aliphatic heterocycles. The molecule has 0 aliphatic rings. The van der Waals surface area contributed by atoms with Gasteiger partial charge in [-0.3, -0.25) is 5.41 Å². The van der Waals surface area contributed by atoms with Crippen LogP contribution in [0, 0.1) is 5.41 Å². The molecule has 1 aromatic rings. The van der Waals surface area contributed by atoms with Crippen LogP contribution < -0.4 is 10.6 Å². The molecule has 0 amide bonds. The number of nitrogens with zero attached hydrogens (tertiary/aromatic N) is 1. The number of amidine groups is 1. The predicted octanol–water partition coefficient (Wildman–Crippen LogP) is 2.59. The Kier molecular flexibility index (Phi) is 5.62. The number of ether oxygens (including phenoxy) is 1. The van der Waals surface area contributed by atoms with Crippen LogP contribution in [0.1, 0.15) is 19.4 Å². The maximum Gasteiger partial charge on any atom is 0.124 e. The molecule has 0 atom stereocenters. The van der Waals surface area contributed by atoms with Gasteiger partial charge in [0.2, 0.25) is 0 Å². The normalized spacial score (nSPS) is 10.7. The van der Waals surface area contributed by atoms with Gasteiger partial charge in [-0.2, -0.15) is 0 Å². The van der Waals surface area contributed by atoms with Gasteiger partial charge in [-0.25, -0.2) is 0 Å². The summed E-state index contributed by atoms with van der Waals surface area (Å²) in [6.07, 6.45) is 0.230. The zero-order valence-corrected chi connectivity index (χ0v) is 12.6. The highest BCUT2D eigenvalue weighted by atomic mass is 79.9. The van der Waals surface area contributed by atoms with Gasteiger partial charge in [0.25, 0.3) is 0 Å². The highest BCUT2D eigenvalue weighted by Gasteiger charge is 2.10. The number of hydrogen-bond acceptors (Lipinski definition) is 3. The molecule has 0 fully saturated rings. The van der Waals surface area contributed by atoms with E-state index in [9.17, 15) is 0 Å². The smallest absolute Gasteiger partial charge is 0.124 e. The van der Waals surface area contributed by atoms with E-state index in [1.165, 1.54) is 0 Å². The number of nitrogens with two attached hydrogens (primary N) is 1. The van der Waals surface area contributed by atoms with Crippen LogP contribution in [0.5, 0.6) is 0 Å². The van der Waals surface area contributed by atoms with Gasteiger partial charge in [0, 0.05) is 29.3 Å². The summed E-state index contributed by atoms with van der Waals surface area (Å²) < 4.78 is 6.50. The number of nitrogens with one attached hydrogen (secondary N) is 1. The molecule has 0 unspecified atom stereocenters. The molecule has 5 heteroatoms. The van der Waals surface area contributed by atoms with E-state index in [0.717, 1.165) is 22.3 Å². The van der Waals surface area contributed by atoms with Crippen LogP contribution in [-0.2, 0) is 4.74 Å².